The summed E-state index contributed by atoms with van der Waals surface area (Å²) in [6.07, 6.45) is 1.74. The molecular formula is C12H22BrN5O. The number of ether oxygens (including phenoxy) is 1. The van der Waals surface area contributed by atoms with Gasteiger partial charge in [-0.1, -0.05) is 0 Å². The standard InChI is InChI=1S/C12H22BrN5O/c1-4-14-12-16-9-10(13)11(17-12)15-5-7-19-8-6-18(2)3/h9H,4-8H2,1-3H3,(H2,14,15,16,17). The van der Waals surface area contributed by atoms with E-state index in [-0.39, 0.29) is 0 Å². The second-order valence-electron chi connectivity index (χ2n) is 4.26. The number of hydrogen-bond acceptors (Lipinski definition) is 6. The van der Waals surface area contributed by atoms with E-state index in [1.807, 2.05) is 21.0 Å². The van der Waals surface area contributed by atoms with E-state index in [0.717, 1.165) is 30.0 Å². The first-order valence-corrected chi connectivity index (χ1v) is 7.15. The first-order valence-electron chi connectivity index (χ1n) is 6.36. The zero-order valence-corrected chi connectivity index (χ0v) is 13.3. The summed E-state index contributed by atoms with van der Waals surface area (Å²) in [5.74, 6) is 1.41. The highest BCUT2D eigenvalue weighted by atomic mass is 79.9. The van der Waals surface area contributed by atoms with Crippen LogP contribution < -0.4 is 10.6 Å². The monoisotopic (exact) mass is 331 g/mol. The van der Waals surface area contributed by atoms with Gasteiger partial charge in [0.25, 0.3) is 0 Å². The zero-order chi connectivity index (χ0) is 14.1. The molecule has 6 nitrogen and oxygen atoms in total. The largest absolute Gasteiger partial charge is 0.378 e. The Hall–Kier alpha value is -0.920. The highest BCUT2D eigenvalue weighted by molar-refractivity contribution is 9.10. The van der Waals surface area contributed by atoms with E-state index in [1.54, 1.807) is 6.20 Å². The summed E-state index contributed by atoms with van der Waals surface area (Å²) in [6.45, 7) is 5.85. The van der Waals surface area contributed by atoms with Crippen LogP contribution in [0.25, 0.3) is 0 Å². The van der Waals surface area contributed by atoms with Crippen molar-refractivity contribution in [2.45, 2.75) is 6.92 Å². The maximum atomic E-state index is 5.51. The Labute approximate surface area is 123 Å². The van der Waals surface area contributed by atoms with Crippen molar-refractivity contribution >= 4 is 27.7 Å². The van der Waals surface area contributed by atoms with Gasteiger partial charge in [0.2, 0.25) is 5.95 Å². The molecule has 0 saturated heterocycles. The van der Waals surface area contributed by atoms with E-state index in [4.69, 9.17) is 4.74 Å². The average Bonchev–Trinajstić information content (AvgIpc) is 2.37. The van der Waals surface area contributed by atoms with E-state index < -0.39 is 0 Å². The summed E-state index contributed by atoms with van der Waals surface area (Å²) in [5.41, 5.74) is 0. The molecule has 1 rings (SSSR count). The molecule has 0 aliphatic carbocycles. The molecule has 0 aliphatic heterocycles. The van der Waals surface area contributed by atoms with Crippen LogP contribution in [0.15, 0.2) is 10.7 Å². The summed E-state index contributed by atoms with van der Waals surface area (Å²) < 4.78 is 6.35. The number of aromatic nitrogens is 2. The van der Waals surface area contributed by atoms with Crippen LogP contribution in [0.4, 0.5) is 11.8 Å². The van der Waals surface area contributed by atoms with Gasteiger partial charge in [-0.3, -0.25) is 0 Å². The van der Waals surface area contributed by atoms with Gasteiger partial charge in [-0.05, 0) is 36.9 Å². The molecule has 0 amide bonds. The molecule has 0 aliphatic rings. The number of anilines is 2. The lowest BCUT2D eigenvalue weighted by atomic mass is 10.5. The van der Waals surface area contributed by atoms with Crippen LogP contribution >= 0.6 is 15.9 Å². The topological polar surface area (TPSA) is 62.3 Å². The summed E-state index contributed by atoms with van der Waals surface area (Å²) in [7, 11) is 4.06. The molecule has 7 heteroatoms. The van der Waals surface area contributed by atoms with Gasteiger partial charge in [0.05, 0.1) is 17.7 Å². The van der Waals surface area contributed by atoms with E-state index in [2.05, 4.69) is 41.4 Å². The molecule has 108 valence electrons. The van der Waals surface area contributed by atoms with Crippen LogP contribution in [0, 0.1) is 0 Å². The van der Waals surface area contributed by atoms with Crippen molar-refractivity contribution in [3.05, 3.63) is 10.7 Å². The highest BCUT2D eigenvalue weighted by Crippen LogP contribution is 2.19. The molecule has 0 saturated carbocycles. The lowest BCUT2D eigenvalue weighted by Gasteiger charge is -2.11. The van der Waals surface area contributed by atoms with Gasteiger partial charge in [-0.15, -0.1) is 0 Å². The first-order chi connectivity index (χ1) is 9.13. The molecule has 0 fully saturated rings. The summed E-state index contributed by atoms with van der Waals surface area (Å²) in [4.78, 5) is 10.6. The van der Waals surface area contributed by atoms with Gasteiger partial charge in [0.1, 0.15) is 5.82 Å². The molecular weight excluding hydrogens is 310 g/mol. The number of nitrogens with one attached hydrogen (secondary N) is 2. The Balaban J connectivity index is 2.30. The number of hydrogen-bond donors (Lipinski definition) is 2. The van der Waals surface area contributed by atoms with Crippen molar-refractivity contribution in [2.24, 2.45) is 0 Å². The Morgan fingerprint density at radius 2 is 2.11 bits per heavy atom. The Kier molecular flexibility index (Phi) is 7.69. The third-order valence-electron chi connectivity index (χ3n) is 2.30. The predicted molar refractivity (Wildman–Crippen MR) is 81.8 cm³/mol. The minimum Gasteiger partial charge on any atom is -0.378 e. The minimum absolute atomic E-state index is 0.627. The molecule has 2 N–H and O–H groups in total. The lowest BCUT2D eigenvalue weighted by molar-refractivity contribution is 0.126. The molecule has 0 atom stereocenters. The van der Waals surface area contributed by atoms with Crippen LogP contribution in [0.5, 0.6) is 0 Å². The molecule has 0 bridgehead atoms. The van der Waals surface area contributed by atoms with Crippen LogP contribution in [0.1, 0.15) is 6.92 Å². The third-order valence-corrected chi connectivity index (χ3v) is 2.88. The fourth-order valence-corrected chi connectivity index (χ4v) is 1.66. The predicted octanol–water partition coefficient (Wildman–Crippen LogP) is 1.66. The van der Waals surface area contributed by atoms with Crippen molar-refractivity contribution in [2.75, 3.05) is 57.6 Å². The summed E-state index contributed by atoms with van der Waals surface area (Å²) in [6, 6.07) is 0. The quantitative estimate of drug-likeness (QED) is 0.671. The van der Waals surface area contributed by atoms with Crippen molar-refractivity contribution in [3.63, 3.8) is 0 Å². The molecule has 19 heavy (non-hydrogen) atoms. The van der Waals surface area contributed by atoms with Crippen molar-refractivity contribution in [1.82, 2.24) is 14.9 Å². The van der Waals surface area contributed by atoms with Crippen LogP contribution in [-0.2, 0) is 4.74 Å². The second-order valence-corrected chi connectivity index (χ2v) is 5.12. The van der Waals surface area contributed by atoms with E-state index in [9.17, 15) is 0 Å². The smallest absolute Gasteiger partial charge is 0.224 e. The van der Waals surface area contributed by atoms with Crippen molar-refractivity contribution < 1.29 is 4.74 Å². The van der Waals surface area contributed by atoms with Gasteiger partial charge >= 0.3 is 0 Å². The van der Waals surface area contributed by atoms with Gasteiger partial charge in [0, 0.05) is 25.8 Å². The third kappa shape index (κ3) is 6.70. The Morgan fingerprint density at radius 3 is 2.79 bits per heavy atom. The summed E-state index contributed by atoms with van der Waals surface area (Å²) in [5, 5.41) is 6.30. The number of nitrogens with zero attached hydrogens (tertiary/aromatic N) is 3. The Bertz CT molecular complexity index is 375. The van der Waals surface area contributed by atoms with Gasteiger partial charge in [-0.2, -0.15) is 4.98 Å². The molecule has 0 unspecified atom stereocenters. The van der Waals surface area contributed by atoms with Gasteiger partial charge in [0.15, 0.2) is 0 Å². The second kappa shape index (κ2) is 9.06. The van der Waals surface area contributed by atoms with Crippen LogP contribution in [0.2, 0.25) is 0 Å². The molecule has 1 aromatic rings. The zero-order valence-electron chi connectivity index (χ0n) is 11.7. The SMILES string of the molecule is CCNc1ncc(Br)c(NCCOCCN(C)C)n1. The van der Waals surface area contributed by atoms with E-state index in [0.29, 0.717) is 19.1 Å². The molecule has 1 aromatic heterocycles. The summed E-state index contributed by atoms with van der Waals surface area (Å²) >= 11 is 3.42. The number of halogens is 1. The van der Waals surface area contributed by atoms with E-state index in [1.165, 1.54) is 0 Å². The fourth-order valence-electron chi connectivity index (χ4n) is 1.33. The minimum atomic E-state index is 0.627. The van der Waals surface area contributed by atoms with E-state index >= 15 is 0 Å². The highest BCUT2D eigenvalue weighted by Gasteiger charge is 2.03. The van der Waals surface area contributed by atoms with Crippen LogP contribution in [-0.4, -0.2) is 61.8 Å². The van der Waals surface area contributed by atoms with Gasteiger partial charge < -0.3 is 20.3 Å². The number of likely N-dealkylation sites (N-methyl/N-ethyl adjacent to an activating group) is 1. The van der Waals surface area contributed by atoms with Crippen molar-refractivity contribution in [1.29, 1.82) is 0 Å². The average molecular weight is 332 g/mol. The van der Waals surface area contributed by atoms with Gasteiger partial charge in [-0.25, -0.2) is 4.98 Å². The maximum Gasteiger partial charge on any atom is 0.224 e. The van der Waals surface area contributed by atoms with Crippen molar-refractivity contribution in [3.8, 4) is 0 Å². The lowest BCUT2D eigenvalue weighted by Crippen LogP contribution is -2.20. The number of rotatable bonds is 9. The molecule has 0 radical (unpaired) electrons. The normalized spacial score (nSPS) is 10.8. The molecule has 1 heterocycles. The maximum absolute atomic E-state index is 5.51. The molecule has 0 spiro atoms. The first kappa shape index (κ1) is 16.1. The van der Waals surface area contributed by atoms with Crippen LogP contribution in [0.3, 0.4) is 0 Å². The molecule has 0 aromatic carbocycles. The Morgan fingerprint density at radius 1 is 1.32 bits per heavy atom. The fraction of sp³-hybridized carbons (Fsp3) is 0.667.